The molecule has 2 aromatic carbocycles. The fraction of sp³-hybridized carbons (Fsp3) is 0.265. The zero-order valence-electron chi connectivity index (χ0n) is 25.5. The molecule has 0 spiro atoms. The largest absolute Gasteiger partial charge is 0.384 e. The highest BCUT2D eigenvalue weighted by Crippen LogP contribution is 2.45. The van der Waals surface area contributed by atoms with Gasteiger partial charge in [-0.1, -0.05) is 30.8 Å². The van der Waals surface area contributed by atoms with Gasteiger partial charge in [0, 0.05) is 66.8 Å². The van der Waals surface area contributed by atoms with Crippen LogP contribution in [-0.2, 0) is 11.8 Å². The minimum Gasteiger partial charge on any atom is -0.384 e. The number of likely N-dealkylation sites (N-methyl/N-ethyl adjacent to an activating group) is 2. The monoisotopic (exact) mass is 561 g/mol. The first-order valence-electron chi connectivity index (χ1n) is 14.2. The summed E-state index contributed by atoms with van der Waals surface area (Å²) in [6, 6.07) is 12.7. The van der Waals surface area contributed by atoms with E-state index < -0.39 is 0 Å². The number of aromatic amines is 1. The summed E-state index contributed by atoms with van der Waals surface area (Å²) in [5.74, 6) is -0.147. The molecule has 1 amide bonds. The highest BCUT2D eigenvalue weighted by Gasteiger charge is 2.24. The summed E-state index contributed by atoms with van der Waals surface area (Å²) in [6.45, 7) is 13.8. The van der Waals surface area contributed by atoms with Crippen LogP contribution in [0.3, 0.4) is 0 Å². The second kappa shape index (κ2) is 11.7. The summed E-state index contributed by atoms with van der Waals surface area (Å²) in [5, 5.41) is 12.2. The van der Waals surface area contributed by atoms with Gasteiger partial charge in [0.15, 0.2) is 0 Å². The lowest BCUT2D eigenvalue weighted by Crippen LogP contribution is -2.25. The van der Waals surface area contributed by atoms with Crippen LogP contribution in [0.1, 0.15) is 22.4 Å². The van der Waals surface area contributed by atoms with E-state index in [2.05, 4.69) is 84.5 Å². The number of hydrogen-bond acceptors (Lipinski definition) is 5. The lowest BCUT2D eigenvalue weighted by Gasteiger charge is -2.23. The highest BCUT2D eigenvalue weighted by atomic mass is 16.2. The van der Waals surface area contributed by atoms with Gasteiger partial charge in [0.25, 0.3) is 0 Å². The first-order chi connectivity index (χ1) is 20.2. The van der Waals surface area contributed by atoms with Crippen molar-refractivity contribution in [3.63, 3.8) is 0 Å². The van der Waals surface area contributed by atoms with Gasteiger partial charge in [-0.15, -0.1) is 0 Å². The molecule has 0 radical (unpaired) electrons. The van der Waals surface area contributed by atoms with Crippen LogP contribution in [0.25, 0.3) is 44.5 Å². The minimum atomic E-state index is -0.147. The third kappa shape index (κ3) is 4.99. The molecule has 0 saturated heterocycles. The maximum Gasteiger partial charge on any atom is 0.250 e. The maximum absolute atomic E-state index is 12.7. The molecule has 0 aliphatic carbocycles. The molecule has 0 aliphatic heterocycles. The molecule has 8 nitrogen and oxygen atoms in total. The van der Waals surface area contributed by atoms with Gasteiger partial charge in [-0.25, -0.2) is 4.98 Å². The van der Waals surface area contributed by atoms with Crippen molar-refractivity contribution in [1.82, 2.24) is 25.1 Å². The number of fused-ring (bicyclic) bond motifs is 1. The molecule has 0 aliphatic rings. The number of rotatable bonds is 9. The molecule has 8 heteroatoms. The van der Waals surface area contributed by atoms with Crippen molar-refractivity contribution in [2.45, 2.75) is 27.7 Å². The zero-order valence-corrected chi connectivity index (χ0v) is 25.5. The normalized spacial score (nSPS) is 11.2. The molecule has 3 aromatic heterocycles. The zero-order chi connectivity index (χ0) is 30.1. The summed E-state index contributed by atoms with van der Waals surface area (Å²) in [7, 11) is 5.70. The van der Waals surface area contributed by atoms with Crippen LogP contribution in [0.5, 0.6) is 0 Å². The summed E-state index contributed by atoms with van der Waals surface area (Å²) >= 11 is 0. The van der Waals surface area contributed by atoms with E-state index in [4.69, 9.17) is 4.98 Å². The number of aromatic nitrogens is 4. The number of pyridine rings is 1. The molecule has 0 atom stereocenters. The Balaban J connectivity index is 1.78. The predicted molar refractivity (Wildman–Crippen MR) is 174 cm³/mol. The Morgan fingerprint density at radius 3 is 2.38 bits per heavy atom. The van der Waals surface area contributed by atoms with Crippen molar-refractivity contribution in [2.24, 2.45) is 7.05 Å². The Labute approximate surface area is 247 Å². The number of anilines is 2. The van der Waals surface area contributed by atoms with E-state index in [1.54, 1.807) is 11.9 Å². The van der Waals surface area contributed by atoms with Gasteiger partial charge in [0.1, 0.15) is 5.65 Å². The predicted octanol–water partition coefficient (Wildman–Crippen LogP) is 6.31. The van der Waals surface area contributed by atoms with Gasteiger partial charge in [-0.3, -0.25) is 9.48 Å². The van der Waals surface area contributed by atoms with Crippen LogP contribution in [0.2, 0.25) is 0 Å². The van der Waals surface area contributed by atoms with Crippen LogP contribution in [0, 0.1) is 27.7 Å². The Morgan fingerprint density at radius 2 is 1.74 bits per heavy atom. The number of H-pyrrole nitrogens is 1. The number of benzene rings is 2. The molecule has 216 valence electrons. The molecule has 5 rings (SSSR count). The van der Waals surface area contributed by atoms with E-state index in [9.17, 15) is 4.79 Å². The Kier molecular flexibility index (Phi) is 8.00. The van der Waals surface area contributed by atoms with Gasteiger partial charge >= 0.3 is 0 Å². The van der Waals surface area contributed by atoms with Gasteiger partial charge in [0.2, 0.25) is 5.91 Å². The first kappa shape index (κ1) is 28.8. The van der Waals surface area contributed by atoms with Crippen molar-refractivity contribution < 1.29 is 4.79 Å². The van der Waals surface area contributed by atoms with Gasteiger partial charge in [-0.05, 0) is 80.8 Å². The molecule has 0 fully saturated rings. The third-order valence-corrected chi connectivity index (χ3v) is 8.23. The van der Waals surface area contributed by atoms with E-state index in [1.165, 1.54) is 6.08 Å². The molecular formula is C34H39N7O. The third-order valence-electron chi connectivity index (χ3n) is 8.23. The first-order valence-corrected chi connectivity index (χ1v) is 14.2. The molecule has 0 unspecified atom stereocenters. The van der Waals surface area contributed by atoms with E-state index in [0.29, 0.717) is 0 Å². The number of nitrogens with zero attached hydrogens (tertiary/aromatic N) is 4. The van der Waals surface area contributed by atoms with Crippen molar-refractivity contribution in [3.8, 4) is 33.5 Å². The molecule has 0 saturated carbocycles. The smallest absolute Gasteiger partial charge is 0.250 e. The molecular weight excluding hydrogens is 522 g/mol. The lowest BCUT2D eigenvalue weighted by molar-refractivity contribution is -0.113. The van der Waals surface area contributed by atoms with E-state index in [-0.39, 0.29) is 5.91 Å². The molecule has 0 bridgehead atoms. The Hall–Kier alpha value is -4.69. The van der Waals surface area contributed by atoms with Crippen molar-refractivity contribution in [2.75, 3.05) is 37.4 Å². The van der Waals surface area contributed by atoms with Gasteiger partial charge in [-0.2, -0.15) is 5.10 Å². The number of hydrogen-bond donors (Lipinski definition) is 3. The topological polar surface area (TPSA) is 90.9 Å². The quantitative estimate of drug-likeness (QED) is 0.145. The van der Waals surface area contributed by atoms with E-state index in [0.717, 1.165) is 91.4 Å². The van der Waals surface area contributed by atoms with Crippen LogP contribution in [0.15, 0.2) is 61.4 Å². The summed E-state index contributed by atoms with van der Waals surface area (Å²) in [6.07, 6.45) is 5.19. The number of carbonyl (C=O) groups excluding carboxylic acids is 1. The molecule has 5 aromatic rings. The molecule has 42 heavy (non-hydrogen) atoms. The molecule has 3 N–H and O–H groups in total. The SMILES string of the molecule is C=CC(=O)N(C)c1c(C)ccc(-c2c(-c3ccc(NCCNC)cc3)[nH]c3ncc(-c4cnn(C)c4C)c(C)c23)c1C. The second-order valence-corrected chi connectivity index (χ2v) is 10.8. The number of nitrogens with one attached hydrogen (secondary N) is 3. The van der Waals surface area contributed by atoms with Crippen molar-refractivity contribution >= 4 is 28.3 Å². The van der Waals surface area contributed by atoms with Crippen LogP contribution < -0.4 is 15.5 Å². The second-order valence-electron chi connectivity index (χ2n) is 10.8. The number of aryl methyl sites for hydroxylation is 3. The number of amides is 1. The van der Waals surface area contributed by atoms with Crippen LogP contribution in [0.4, 0.5) is 11.4 Å². The van der Waals surface area contributed by atoms with Crippen LogP contribution in [-0.4, -0.2) is 52.8 Å². The van der Waals surface area contributed by atoms with E-state index >= 15 is 0 Å². The summed E-state index contributed by atoms with van der Waals surface area (Å²) < 4.78 is 1.89. The average Bonchev–Trinajstić information content (AvgIpc) is 3.53. The maximum atomic E-state index is 12.7. The van der Waals surface area contributed by atoms with Crippen molar-refractivity contribution in [3.05, 3.63) is 83.8 Å². The highest BCUT2D eigenvalue weighted by molar-refractivity contribution is 6.08. The van der Waals surface area contributed by atoms with Gasteiger partial charge in [0.05, 0.1) is 17.6 Å². The summed E-state index contributed by atoms with van der Waals surface area (Å²) in [4.78, 5) is 23.0. The van der Waals surface area contributed by atoms with Crippen LogP contribution >= 0.6 is 0 Å². The van der Waals surface area contributed by atoms with E-state index in [1.807, 2.05) is 38.1 Å². The standard InChI is InChI=1S/C34H39N7O/c1-9-29(42)40(7)33-20(2)10-15-26(22(33)4)31-30-21(3)27(28-19-38-41(8)23(28)5)18-37-34(30)39-32(31)24-11-13-25(14-12-24)36-17-16-35-6/h9-15,18-19,35-36H,1,16-17H2,2-8H3,(H,37,39). The van der Waals surface area contributed by atoms with Gasteiger partial charge < -0.3 is 20.5 Å². The fourth-order valence-corrected chi connectivity index (χ4v) is 5.79. The Bertz CT molecular complexity index is 1790. The lowest BCUT2D eigenvalue weighted by atomic mass is 9.90. The van der Waals surface area contributed by atoms with Crippen molar-refractivity contribution in [1.29, 1.82) is 0 Å². The number of carbonyl (C=O) groups is 1. The fourth-order valence-electron chi connectivity index (χ4n) is 5.79. The molecule has 3 heterocycles. The average molecular weight is 562 g/mol. The minimum absolute atomic E-state index is 0.147. The summed E-state index contributed by atoms with van der Waals surface area (Å²) in [5.41, 5.74) is 13.3. The Morgan fingerprint density at radius 1 is 1.00 bits per heavy atom.